The monoisotopic (exact) mass is 389 g/mol. The molecule has 1 amide bonds. The minimum absolute atomic E-state index is 0.0384. The van der Waals surface area contributed by atoms with Crippen LogP contribution in [-0.4, -0.2) is 28.9 Å². The molecule has 150 valence electrons. The minimum Gasteiger partial charge on any atom is -0.445 e. The zero-order valence-corrected chi connectivity index (χ0v) is 16.6. The lowest BCUT2D eigenvalue weighted by Crippen LogP contribution is -2.55. The summed E-state index contributed by atoms with van der Waals surface area (Å²) in [5.41, 5.74) is 2.68. The highest BCUT2D eigenvalue weighted by Gasteiger charge is 2.43. The van der Waals surface area contributed by atoms with Crippen LogP contribution in [0.3, 0.4) is 0 Å². The highest BCUT2D eigenvalue weighted by atomic mass is 16.6. The van der Waals surface area contributed by atoms with Crippen LogP contribution in [0.2, 0.25) is 0 Å². The molecule has 0 aliphatic carbocycles. The van der Waals surface area contributed by atoms with Crippen LogP contribution in [-0.2, 0) is 11.3 Å². The molecule has 29 heavy (non-hydrogen) atoms. The predicted molar refractivity (Wildman–Crippen MR) is 113 cm³/mol. The van der Waals surface area contributed by atoms with E-state index in [0.717, 1.165) is 36.0 Å². The number of hydrogen-bond donors (Lipinski definition) is 0. The first-order valence-electron chi connectivity index (χ1n) is 10.4. The molecule has 2 aliphatic rings. The average Bonchev–Trinajstić information content (AvgIpc) is 2.76. The summed E-state index contributed by atoms with van der Waals surface area (Å²) >= 11 is 0. The molecule has 4 rings (SSSR count). The number of rotatable bonds is 5. The number of piperidine rings is 2. The van der Waals surface area contributed by atoms with Gasteiger partial charge in [-0.3, -0.25) is 4.79 Å². The lowest BCUT2D eigenvalue weighted by molar-refractivity contribution is 0.00473. The van der Waals surface area contributed by atoms with E-state index < -0.39 is 0 Å². The SMILES string of the molecule is C=Cc1cccc(C(=O)C2CC3CCCC(C2)N3C(=O)OCc2ccccc2)c1. The molecule has 2 aromatic rings. The molecule has 2 aliphatic heterocycles. The van der Waals surface area contributed by atoms with Crippen molar-refractivity contribution in [2.75, 3.05) is 0 Å². The van der Waals surface area contributed by atoms with E-state index in [4.69, 9.17) is 4.74 Å². The molecule has 0 N–H and O–H groups in total. The van der Waals surface area contributed by atoms with Crippen LogP contribution in [0.5, 0.6) is 0 Å². The zero-order chi connectivity index (χ0) is 20.2. The number of benzene rings is 2. The number of Topliss-reactive ketones (excluding diaryl/α,β-unsaturated/α-hetero) is 1. The topological polar surface area (TPSA) is 46.6 Å². The first-order chi connectivity index (χ1) is 14.2. The molecule has 2 bridgehead atoms. The number of carbonyl (C=O) groups is 2. The second kappa shape index (κ2) is 8.64. The van der Waals surface area contributed by atoms with Gasteiger partial charge >= 0.3 is 6.09 Å². The van der Waals surface area contributed by atoms with Crippen molar-refractivity contribution >= 4 is 18.0 Å². The molecule has 2 atom stereocenters. The summed E-state index contributed by atoms with van der Waals surface area (Å²) in [6, 6.07) is 17.5. The molecule has 2 aromatic carbocycles. The largest absolute Gasteiger partial charge is 0.445 e. The van der Waals surface area contributed by atoms with E-state index in [2.05, 4.69) is 6.58 Å². The standard InChI is InChI=1S/C25H27NO3/c1-2-18-10-6-11-20(14-18)24(27)21-15-22-12-7-13-23(16-21)26(22)25(28)29-17-19-8-4-3-5-9-19/h2-6,8-11,14,21-23H,1,7,12-13,15-17H2. The fourth-order valence-corrected chi connectivity index (χ4v) is 4.74. The first kappa shape index (κ1) is 19.4. The van der Waals surface area contributed by atoms with Gasteiger partial charge in [0.15, 0.2) is 5.78 Å². The van der Waals surface area contributed by atoms with Crippen molar-refractivity contribution in [3.63, 3.8) is 0 Å². The van der Waals surface area contributed by atoms with Gasteiger partial charge in [-0.1, -0.05) is 61.2 Å². The van der Waals surface area contributed by atoms with Gasteiger partial charge in [0.25, 0.3) is 0 Å². The predicted octanol–water partition coefficient (Wildman–Crippen LogP) is 5.48. The summed E-state index contributed by atoms with van der Waals surface area (Å²) in [7, 11) is 0. The number of fused-ring (bicyclic) bond motifs is 2. The number of nitrogens with zero attached hydrogens (tertiary/aromatic N) is 1. The van der Waals surface area contributed by atoms with Crippen LogP contribution >= 0.6 is 0 Å². The molecule has 4 nitrogen and oxygen atoms in total. The van der Waals surface area contributed by atoms with Crippen molar-refractivity contribution in [3.05, 3.63) is 77.9 Å². The van der Waals surface area contributed by atoms with Crippen molar-refractivity contribution in [2.45, 2.75) is 50.8 Å². The fraction of sp³-hybridized carbons (Fsp3) is 0.360. The van der Waals surface area contributed by atoms with Crippen molar-refractivity contribution in [1.29, 1.82) is 0 Å². The zero-order valence-electron chi connectivity index (χ0n) is 16.6. The van der Waals surface area contributed by atoms with E-state index in [-0.39, 0.29) is 36.5 Å². The molecular formula is C25H27NO3. The summed E-state index contributed by atoms with van der Waals surface area (Å²) in [6.45, 7) is 4.07. The van der Waals surface area contributed by atoms with Crippen LogP contribution in [0.15, 0.2) is 61.2 Å². The second-order valence-corrected chi connectivity index (χ2v) is 8.05. The van der Waals surface area contributed by atoms with Crippen molar-refractivity contribution in [3.8, 4) is 0 Å². The molecule has 2 fully saturated rings. The van der Waals surface area contributed by atoms with Gasteiger partial charge in [-0.15, -0.1) is 0 Å². The number of ketones is 1. The Kier molecular flexibility index (Phi) is 5.79. The lowest BCUT2D eigenvalue weighted by Gasteiger charge is -2.47. The smallest absolute Gasteiger partial charge is 0.410 e. The molecule has 2 saturated heterocycles. The number of hydrogen-bond acceptors (Lipinski definition) is 3. The van der Waals surface area contributed by atoms with Gasteiger partial charge in [-0.2, -0.15) is 0 Å². The Morgan fingerprint density at radius 1 is 1.03 bits per heavy atom. The quantitative estimate of drug-likeness (QED) is 0.636. The second-order valence-electron chi connectivity index (χ2n) is 8.05. The maximum Gasteiger partial charge on any atom is 0.410 e. The summed E-state index contributed by atoms with van der Waals surface area (Å²) < 4.78 is 5.61. The molecule has 2 heterocycles. The highest BCUT2D eigenvalue weighted by molar-refractivity contribution is 5.98. The summed E-state index contributed by atoms with van der Waals surface area (Å²) in [4.78, 5) is 27.9. The van der Waals surface area contributed by atoms with Crippen LogP contribution in [0, 0.1) is 5.92 Å². The Hall–Kier alpha value is -2.88. The van der Waals surface area contributed by atoms with Gasteiger partial charge in [0.2, 0.25) is 0 Å². The van der Waals surface area contributed by atoms with E-state index in [1.165, 1.54) is 0 Å². The summed E-state index contributed by atoms with van der Waals surface area (Å²) in [5, 5.41) is 0. The van der Waals surface area contributed by atoms with E-state index in [9.17, 15) is 9.59 Å². The van der Waals surface area contributed by atoms with Crippen molar-refractivity contribution in [1.82, 2.24) is 4.90 Å². The number of ether oxygens (including phenoxy) is 1. The van der Waals surface area contributed by atoms with E-state index in [0.29, 0.717) is 12.8 Å². The van der Waals surface area contributed by atoms with Crippen LogP contribution in [0.25, 0.3) is 6.08 Å². The van der Waals surface area contributed by atoms with Crippen LogP contribution in [0.1, 0.15) is 53.6 Å². The van der Waals surface area contributed by atoms with Crippen LogP contribution in [0.4, 0.5) is 4.79 Å². The molecule has 0 aromatic heterocycles. The Bertz CT molecular complexity index is 878. The van der Waals surface area contributed by atoms with Gasteiger partial charge in [0, 0.05) is 23.6 Å². The van der Waals surface area contributed by atoms with E-state index in [1.54, 1.807) is 6.08 Å². The summed E-state index contributed by atoms with van der Waals surface area (Å²) in [6.07, 6.45) is 5.92. The van der Waals surface area contributed by atoms with Gasteiger partial charge < -0.3 is 9.64 Å². The van der Waals surface area contributed by atoms with Gasteiger partial charge in [0.1, 0.15) is 6.61 Å². The molecule has 0 saturated carbocycles. The maximum absolute atomic E-state index is 13.1. The molecule has 0 radical (unpaired) electrons. The average molecular weight is 389 g/mol. The fourth-order valence-electron chi connectivity index (χ4n) is 4.74. The normalized spacial score (nSPS) is 23.3. The maximum atomic E-state index is 13.1. The Labute approximate surface area is 172 Å². The third-order valence-electron chi connectivity index (χ3n) is 6.17. The van der Waals surface area contributed by atoms with Gasteiger partial charge in [-0.25, -0.2) is 4.79 Å². The van der Waals surface area contributed by atoms with E-state index >= 15 is 0 Å². The first-order valence-corrected chi connectivity index (χ1v) is 10.4. The van der Waals surface area contributed by atoms with Gasteiger partial charge in [-0.05, 0) is 49.3 Å². The molecule has 2 unspecified atom stereocenters. The summed E-state index contributed by atoms with van der Waals surface area (Å²) in [5.74, 6) is 0.145. The number of amides is 1. The van der Waals surface area contributed by atoms with Crippen LogP contribution < -0.4 is 0 Å². The third-order valence-corrected chi connectivity index (χ3v) is 6.17. The molecule has 4 heteroatoms. The molecular weight excluding hydrogens is 362 g/mol. The Balaban J connectivity index is 1.43. The van der Waals surface area contributed by atoms with E-state index in [1.807, 2.05) is 59.5 Å². The highest BCUT2D eigenvalue weighted by Crippen LogP contribution is 2.38. The van der Waals surface area contributed by atoms with Gasteiger partial charge in [0.05, 0.1) is 0 Å². The Morgan fingerprint density at radius 3 is 2.45 bits per heavy atom. The Morgan fingerprint density at radius 2 is 1.76 bits per heavy atom. The third kappa shape index (κ3) is 4.26. The minimum atomic E-state index is -0.247. The van der Waals surface area contributed by atoms with Crippen molar-refractivity contribution in [2.24, 2.45) is 5.92 Å². The number of carbonyl (C=O) groups excluding carboxylic acids is 2. The van der Waals surface area contributed by atoms with Crippen molar-refractivity contribution < 1.29 is 14.3 Å². The molecule has 0 spiro atoms. The lowest BCUT2D eigenvalue weighted by atomic mass is 9.76.